The van der Waals surface area contributed by atoms with E-state index in [0.29, 0.717) is 28.5 Å². The number of H-pyrrole nitrogens is 1. The summed E-state index contributed by atoms with van der Waals surface area (Å²) in [5.41, 5.74) is 2.68. The minimum atomic E-state index is -0.684. The number of nitrogens with zero attached hydrogens (tertiary/aromatic N) is 6. The zero-order chi connectivity index (χ0) is 25.6. The molecule has 2 aromatic carbocycles. The summed E-state index contributed by atoms with van der Waals surface area (Å²) < 4.78 is 11.5. The van der Waals surface area contributed by atoms with Crippen molar-refractivity contribution in [3.8, 4) is 17.6 Å². The Labute approximate surface area is 206 Å². The number of hydrogen-bond acceptors (Lipinski definition) is 8. The van der Waals surface area contributed by atoms with Crippen molar-refractivity contribution in [2.24, 2.45) is 4.99 Å². The molecule has 2 atom stereocenters. The number of urea groups is 1. The number of aromatic nitrogens is 2. The Hall–Kier alpha value is -4.85. The molecule has 1 aromatic heterocycles. The van der Waals surface area contributed by atoms with Gasteiger partial charge in [0.1, 0.15) is 11.9 Å². The van der Waals surface area contributed by atoms with Crippen LogP contribution in [0.3, 0.4) is 0 Å². The molecule has 3 amide bonds. The highest BCUT2D eigenvalue weighted by atomic mass is 16.5. The van der Waals surface area contributed by atoms with Gasteiger partial charge in [-0.05, 0) is 35.9 Å². The Kier molecular flexibility index (Phi) is 5.56. The first kappa shape index (κ1) is 22.9. The van der Waals surface area contributed by atoms with Gasteiger partial charge in [-0.25, -0.2) is 14.8 Å². The van der Waals surface area contributed by atoms with Gasteiger partial charge in [-0.2, -0.15) is 5.26 Å². The lowest BCUT2D eigenvalue weighted by Gasteiger charge is -2.38. The highest BCUT2D eigenvalue weighted by Gasteiger charge is 2.50. The third-order valence-corrected chi connectivity index (χ3v) is 6.28. The number of rotatable bonds is 4. The van der Waals surface area contributed by atoms with Gasteiger partial charge in [-0.3, -0.25) is 9.69 Å². The van der Waals surface area contributed by atoms with Gasteiger partial charge >= 0.3 is 6.03 Å². The number of likely N-dealkylation sites (N-methyl/N-ethyl adjacent to an activating group) is 3. The minimum Gasteiger partial charge on any atom is -0.493 e. The number of fused-ring (bicyclic) bond motifs is 2. The van der Waals surface area contributed by atoms with Crippen LogP contribution in [0.2, 0.25) is 0 Å². The third-order valence-electron chi connectivity index (χ3n) is 6.28. The number of aromatic amines is 1. The number of carbonyl (C=O) groups is 2. The van der Waals surface area contributed by atoms with E-state index >= 15 is 0 Å². The summed E-state index contributed by atoms with van der Waals surface area (Å²) in [4.78, 5) is 41.2. The Morgan fingerprint density at radius 3 is 2.61 bits per heavy atom. The van der Waals surface area contributed by atoms with E-state index in [4.69, 9.17) is 9.47 Å². The molecule has 1 saturated heterocycles. The molecule has 0 spiro atoms. The summed E-state index contributed by atoms with van der Waals surface area (Å²) in [6.45, 7) is 0. The van der Waals surface area contributed by atoms with Crippen LogP contribution in [-0.4, -0.2) is 83.1 Å². The van der Waals surface area contributed by atoms with Gasteiger partial charge in [-0.15, -0.1) is 0 Å². The molecule has 0 aliphatic carbocycles. The SMILES string of the molecule is COc1cc(/C=C(\C#N)c2nc3ccccc3[nH]2)ccc1OC1=NC2C(C(=O)N(C)C(=O)N2C)N1C. The Balaban J connectivity index is 1.42. The maximum Gasteiger partial charge on any atom is 0.328 e. The van der Waals surface area contributed by atoms with E-state index in [1.165, 1.54) is 19.1 Å². The van der Waals surface area contributed by atoms with E-state index in [9.17, 15) is 14.9 Å². The average Bonchev–Trinajstić information content (AvgIpc) is 3.46. The number of carbonyl (C=O) groups excluding carboxylic acids is 2. The topological polar surface area (TPSA) is 127 Å². The second-order valence-corrected chi connectivity index (χ2v) is 8.46. The predicted molar refractivity (Wildman–Crippen MR) is 132 cm³/mol. The lowest BCUT2D eigenvalue weighted by atomic mass is 10.1. The highest BCUT2D eigenvalue weighted by Crippen LogP contribution is 2.33. The van der Waals surface area contributed by atoms with Gasteiger partial charge in [0.2, 0.25) is 0 Å². The number of aliphatic imine (C=N–C) groups is 1. The fourth-order valence-electron chi connectivity index (χ4n) is 4.28. The van der Waals surface area contributed by atoms with E-state index in [1.807, 2.05) is 24.3 Å². The number of amides is 3. The van der Waals surface area contributed by atoms with Crippen molar-refractivity contribution in [3.05, 3.63) is 53.9 Å². The summed E-state index contributed by atoms with van der Waals surface area (Å²) in [7, 11) is 6.24. The molecule has 0 radical (unpaired) electrons. The molecule has 182 valence electrons. The Morgan fingerprint density at radius 2 is 1.89 bits per heavy atom. The molecular weight excluding hydrogens is 462 g/mol. The second-order valence-electron chi connectivity index (χ2n) is 8.46. The van der Waals surface area contributed by atoms with Gasteiger partial charge in [0.15, 0.2) is 23.7 Å². The monoisotopic (exact) mass is 485 g/mol. The van der Waals surface area contributed by atoms with Crippen molar-refractivity contribution in [2.75, 3.05) is 28.3 Å². The zero-order valence-electron chi connectivity index (χ0n) is 20.1. The van der Waals surface area contributed by atoms with Crippen LogP contribution in [0, 0.1) is 11.3 Å². The fourth-order valence-corrected chi connectivity index (χ4v) is 4.28. The van der Waals surface area contributed by atoms with Crippen molar-refractivity contribution >= 4 is 40.6 Å². The Morgan fingerprint density at radius 1 is 1.11 bits per heavy atom. The van der Waals surface area contributed by atoms with E-state index in [2.05, 4.69) is 21.0 Å². The first-order valence-electron chi connectivity index (χ1n) is 11.1. The van der Waals surface area contributed by atoms with Crippen LogP contribution in [0.4, 0.5) is 4.79 Å². The van der Waals surface area contributed by atoms with E-state index < -0.39 is 18.2 Å². The molecule has 0 saturated carbocycles. The standard InChI is InChI=1S/C25H23N7O4/c1-30-20-22(31(2)25(34)32(3)23(20)33)29-24(30)36-18-10-9-14(12-19(18)35-4)11-15(13-26)21-27-16-7-5-6-8-17(16)28-21/h5-12,20,22H,1-4H3,(H,27,28)/b15-11+. The molecular formula is C25H23N7O4. The zero-order valence-corrected chi connectivity index (χ0v) is 20.1. The van der Waals surface area contributed by atoms with Gasteiger partial charge in [-0.1, -0.05) is 18.2 Å². The number of imide groups is 1. The first-order chi connectivity index (χ1) is 17.3. The number of nitriles is 1. The molecule has 2 aliphatic heterocycles. The number of nitrogens with one attached hydrogen (secondary N) is 1. The van der Waals surface area contributed by atoms with Crippen LogP contribution < -0.4 is 9.47 Å². The quantitative estimate of drug-likeness (QED) is 0.563. The maximum atomic E-state index is 12.7. The van der Waals surface area contributed by atoms with Gasteiger partial charge in [0, 0.05) is 21.1 Å². The lowest BCUT2D eigenvalue weighted by Crippen LogP contribution is -2.63. The summed E-state index contributed by atoms with van der Waals surface area (Å²) >= 11 is 0. The average molecular weight is 486 g/mol. The van der Waals surface area contributed by atoms with Crippen LogP contribution in [-0.2, 0) is 4.79 Å². The number of benzene rings is 2. The maximum absolute atomic E-state index is 12.7. The molecule has 5 rings (SSSR count). The number of allylic oxidation sites excluding steroid dienone is 1. The van der Waals surface area contributed by atoms with Crippen molar-refractivity contribution in [3.63, 3.8) is 0 Å². The highest BCUT2D eigenvalue weighted by molar-refractivity contribution is 6.03. The molecule has 11 heteroatoms. The van der Waals surface area contributed by atoms with Crippen molar-refractivity contribution in [1.29, 1.82) is 5.26 Å². The molecule has 3 aromatic rings. The number of amidine groups is 1. The van der Waals surface area contributed by atoms with Gasteiger partial charge < -0.3 is 24.3 Å². The van der Waals surface area contributed by atoms with E-state index in [0.717, 1.165) is 15.9 Å². The van der Waals surface area contributed by atoms with E-state index in [-0.39, 0.29) is 11.9 Å². The normalized spacial score (nSPS) is 19.9. The molecule has 2 aliphatic rings. The van der Waals surface area contributed by atoms with Crippen LogP contribution in [0.15, 0.2) is 47.5 Å². The number of hydrogen-bond donors (Lipinski definition) is 1. The largest absolute Gasteiger partial charge is 0.493 e. The summed E-state index contributed by atoms with van der Waals surface area (Å²) in [6.07, 6.45) is 1.02. The molecule has 1 N–H and O–H groups in total. The summed E-state index contributed by atoms with van der Waals surface area (Å²) in [5.74, 6) is 0.895. The summed E-state index contributed by atoms with van der Waals surface area (Å²) in [5, 5.41) is 9.73. The number of para-hydroxylation sites is 2. The number of imidazole rings is 1. The van der Waals surface area contributed by atoms with Gasteiger partial charge in [0.05, 0.1) is 23.7 Å². The fraction of sp³-hybridized carbons (Fsp3) is 0.240. The summed E-state index contributed by atoms with van der Waals surface area (Å²) in [6, 6.07) is 14.0. The molecule has 0 bridgehead atoms. The molecule has 11 nitrogen and oxygen atoms in total. The third kappa shape index (κ3) is 3.69. The second kappa shape index (κ2) is 8.74. The van der Waals surface area contributed by atoms with Crippen molar-refractivity contribution < 1.29 is 19.1 Å². The van der Waals surface area contributed by atoms with Crippen LogP contribution in [0.25, 0.3) is 22.7 Å². The molecule has 2 unspecified atom stereocenters. The van der Waals surface area contributed by atoms with Crippen molar-refractivity contribution in [2.45, 2.75) is 12.2 Å². The van der Waals surface area contributed by atoms with Crippen LogP contribution >= 0.6 is 0 Å². The predicted octanol–water partition coefficient (Wildman–Crippen LogP) is 2.53. The van der Waals surface area contributed by atoms with Crippen molar-refractivity contribution in [1.82, 2.24) is 24.7 Å². The molecule has 1 fully saturated rings. The molecule has 36 heavy (non-hydrogen) atoms. The smallest absolute Gasteiger partial charge is 0.328 e. The number of ether oxygens (including phenoxy) is 2. The van der Waals surface area contributed by atoms with Crippen LogP contribution in [0.1, 0.15) is 11.4 Å². The Bertz CT molecular complexity index is 1450. The lowest BCUT2D eigenvalue weighted by molar-refractivity contribution is -0.135. The molecule has 3 heterocycles. The van der Waals surface area contributed by atoms with Gasteiger partial charge in [0.25, 0.3) is 11.9 Å². The van der Waals surface area contributed by atoms with E-state index in [1.54, 1.807) is 43.3 Å². The van der Waals surface area contributed by atoms with Crippen LogP contribution in [0.5, 0.6) is 11.5 Å². The first-order valence-corrected chi connectivity index (χ1v) is 11.1. The number of methoxy groups -OCH3 is 1. The minimum absolute atomic E-state index is 0.190.